The molecule has 0 N–H and O–H groups in total. The molecule has 1 fully saturated rings. The van der Waals surface area contributed by atoms with Crippen molar-refractivity contribution in [1.29, 1.82) is 0 Å². The van der Waals surface area contributed by atoms with Crippen molar-refractivity contribution in [2.45, 2.75) is 26.3 Å². The van der Waals surface area contributed by atoms with Crippen LogP contribution in [0.25, 0.3) is 0 Å². The molecule has 3 aromatic rings. The van der Waals surface area contributed by atoms with Gasteiger partial charge in [0.15, 0.2) is 0 Å². The fraction of sp³-hybridized carbons (Fsp3) is 0.345. The Morgan fingerprint density at radius 1 is 1.02 bits per heavy atom. The van der Waals surface area contributed by atoms with E-state index in [4.69, 9.17) is 14.3 Å². The number of halogens is 1. The molecule has 0 spiro atoms. The highest BCUT2D eigenvalue weighted by atomic mass is 19.1. The number of benzene rings is 1. The second-order valence-electron chi connectivity index (χ2n) is 9.97. The first-order chi connectivity index (χ1) is 20.2. The van der Waals surface area contributed by atoms with Gasteiger partial charge in [0, 0.05) is 56.3 Å². The summed E-state index contributed by atoms with van der Waals surface area (Å²) in [5, 5.41) is 0. The number of methoxy groups -OCH3 is 1. The van der Waals surface area contributed by atoms with E-state index in [9.17, 15) is 23.6 Å². The van der Waals surface area contributed by atoms with Crippen molar-refractivity contribution in [3.63, 3.8) is 0 Å². The molecule has 42 heavy (non-hydrogen) atoms. The van der Waals surface area contributed by atoms with Crippen LogP contribution in [0.3, 0.4) is 0 Å². The summed E-state index contributed by atoms with van der Waals surface area (Å²) in [5.74, 6) is -2.27. The molecular formula is C29H30FN5O7. The Kier molecular flexibility index (Phi) is 8.48. The Morgan fingerprint density at radius 3 is 2.55 bits per heavy atom. The highest BCUT2D eigenvalue weighted by Crippen LogP contribution is 2.29. The van der Waals surface area contributed by atoms with Gasteiger partial charge >= 0.3 is 23.2 Å². The number of nitrogens with zero attached hydrogens (tertiary/aromatic N) is 5. The number of rotatable bonds is 8. The van der Waals surface area contributed by atoms with Gasteiger partial charge in [-0.2, -0.15) is 0 Å². The van der Waals surface area contributed by atoms with Gasteiger partial charge < -0.3 is 19.2 Å². The monoisotopic (exact) mass is 579 g/mol. The number of aryl methyl sites for hydroxylation is 2. The molecule has 4 heterocycles. The van der Waals surface area contributed by atoms with Crippen molar-refractivity contribution in [2.75, 3.05) is 44.7 Å². The third kappa shape index (κ3) is 6.25. The molecule has 0 aliphatic carbocycles. The number of carbonyl (C=O) groups is 2. The largest absolute Gasteiger partial charge is 0.494 e. The average Bonchev–Trinajstić information content (AvgIpc) is 3.01. The predicted molar refractivity (Wildman–Crippen MR) is 149 cm³/mol. The van der Waals surface area contributed by atoms with Crippen LogP contribution in [0.15, 0.2) is 58.4 Å². The van der Waals surface area contributed by atoms with E-state index in [1.54, 1.807) is 12.3 Å². The summed E-state index contributed by atoms with van der Waals surface area (Å²) in [4.78, 5) is 63.5. The van der Waals surface area contributed by atoms with Crippen LogP contribution < -0.4 is 30.5 Å². The average molecular weight is 580 g/mol. The van der Waals surface area contributed by atoms with Crippen molar-refractivity contribution in [2.24, 2.45) is 0 Å². The standard InChI is InChI=1S/C29H30FN5O7/c1-19-9-10-31-22(4-3-11-32-12-14-33(15-13-32)23-6-5-20(30)16-24(23)40-2)21(19)17-34-18-25-28(38)35(29(34)39)42-27(37)8-7-26(36)41-25/h5-10,16,18H,3-4,11-15,17H2,1-2H3/b8-7+. The maximum atomic E-state index is 13.6. The number of anilines is 1. The van der Waals surface area contributed by atoms with Gasteiger partial charge in [0.1, 0.15) is 11.6 Å². The number of hydrogen-bond donors (Lipinski definition) is 0. The summed E-state index contributed by atoms with van der Waals surface area (Å²) >= 11 is 0. The molecule has 2 aliphatic rings. The molecule has 0 amide bonds. The SMILES string of the molecule is COc1cc(F)ccc1N1CCN(CCCc2nccc(C)c2Cn2cc3c(=O)n(c2=O)OC(=O)/C=C/C(=O)O3)CC1. The lowest BCUT2D eigenvalue weighted by molar-refractivity contribution is -0.139. The highest BCUT2D eigenvalue weighted by molar-refractivity contribution is 5.92. The summed E-state index contributed by atoms with van der Waals surface area (Å²) in [7, 11) is 1.54. The minimum atomic E-state index is -1.06. The highest BCUT2D eigenvalue weighted by Gasteiger charge is 2.22. The number of fused-ring (bicyclic) bond motifs is 2. The molecular weight excluding hydrogens is 549 g/mol. The van der Waals surface area contributed by atoms with E-state index in [0.29, 0.717) is 12.2 Å². The van der Waals surface area contributed by atoms with Gasteiger partial charge in [-0.3, -0.25) is 19.2 Å². The maximum Gasteiger partial charge on any atom is 0.365 e. The molecule has 1 aromatic carbocycles. The lowest BCUT2D eigenvalue weighted by Gasteiger charge is -2.36. The van der Waals surface area contributed by atoms with E-state index < -0.39 is 28.9 Å². The Morgan fingerprint density at radius 2 is 1.79 bits per heavy atom. The van der Waals surface area contributed by atoms with Gasteiger partial charge in [-0.05, 0) is 55.6 Å². The lowest BCUT2D eigenvalue weighted by Crippen LogP contribution is -2.46. The number of esters is 1. The second kappa shape index (κ2) is 12.4. The van der Waals surface area contributed by atoms with Crippen LogP contribution in [0.1, 0.15) is 23.2 Å². The molecule has 220 valence electrons. The molecule has 2 aromatic heterocycles. The lowest BCUT2D eigenvalue weighted by atomic mass is 10.0. The van der Waals surface area contributed by atoms with Gasteiger partial charge in [-0.15, -0.1) is 0 Å². The molecule has 12 nitrogen and oxygen atoms in total. The maximum absolute atomic E-state index is 13.6. The third-order valence-electron chi connectivity index (χ3n) is 7.29. The quantitative estimate of drug-likeness (QED) is 0.358. The number of aromatic nitrogens is 3. The van der Waals surface area contributed by atoms with Crippen LogP contribution in [0.5, 0.6) is 11.5 Å². The third-order valence-corrected chi connectivity index (χ3v) is 7.29. The molecule has 5 rings (SSSR count). The van der Waals surface area contributed by atoms with E-state index in [2.05, 4.69) is 14.8 Å². The first-order valence-corrected chi connectivity index (χ1v) is 13.5. The van der Waals surface area contributed by atoms with Crippen LogP contribution in [-0.4, -0.2) is 71.0 Å². The van der Waals surface area contributed by atoms with Gasteiger partial charge in [0.25, 0.3) is 0 Å². The fourth-order valence-corrected chi connectivity index (χ4v) is 5.06. The summed E-state index contributed by atoms with van der Waals surface area (Å²) in [6.07, 6.45) is 5.88. The molecule has 0 saturated carbocycles. The molecule has 0 radical (unpaired) electrons. The molecule has 0 unspecified atom stereocenters. The predicted octanol–water partition coefficient (Wildman–Crippen LogP) is 1.09. The van der Waals surface area contributed by atoms with Gasteiger partial charge in [-0.25, -0.2) is 18.8 Å². The first kappa shape index (κ1) is 28.7. The van der Waals surface area contributed by atoms with E-state index in [1.165, 1.54) is 19.2 Å². The topological polar surface area (TPSA) is 125 Å². The number of ether oxygens (including phenoxy) is 2. The van der Waals surface area contributed by atoms with Gasteiger partial charge in [-0.1, -0.05) is 4.73 Å². The Hall–Kier alpha value is -4.78. The van der Waals surface area contributed by atoms with Gasteiger partial charge in [0.2, 0.25) is 5.75 Å². The van der Waals surface area contributed by atoms with Crippen LogP contribution in [0.2, 0.25) is 0 Å². The summed E-state index contributed by atoms with van der Waals surface area (Å²) in [6, 6.07) is 6.40. The first-order valence-electron chi connectivity index (χ1n) is 13.5. The van der Waals surface area contributed by atoms with Crippen LogP contribution in [0.4, 0.5) is 10.1 Å². The Balaban J connectivity index is 1.26. The van der Waals surface area contributed by atoms with E-state index >= 15 is 0 Å². The van der Waals surface area contributed by atoms with Crippen molar-refractivity contribution in [1.82, 2.24) is 19.2 Å². The summed E-state index contributed by atoms with van der Waals surface area (Å²) in [5.41, 5.74) is 1.37. The van der Waals surface area contributed by atoms with Crippen molar-refractivity contribution >= 4 is 17.6 Å². The normalized spacial score (nSPS) is 16.2. The molecule has 2 aliphatic heterocycles. The van der Waals surface area contributed by atoms with Crippen LogP contribution in [0, 0.1) is 12.7 Å². The fourth-order valence-electron chi connectivity index (χ4n) is 5.06. The van der Waals surface area contributed by atoms with Crippen LogP contribution in [-0.2, 0) is 22.6 Å². The van der Waals surface area contributed by atoms with Crippen molar-refractivity contribution in [3.05, 3.63) is 92.3 Å². The van der Waals surface area contributed by atoms with Crippen molar-refractivity contribution in [3.8, 4) is 11.5 Å². The number of hydrogen-bond acceptors (Lipinski definition) is 10. The number of pyridine rings is 1. The zero-order valence-electron chi connectivity index (χ0n) is 23.2. The van der Waals surface area contributed by atoms with E-state index in [1.807, 2.05) is 13.0 Å². The minimum absolute atomic E-state index is 0.0157. The Bertz CT molecular complexity index is 1660. The molecule has 1 saturated heterocycles. The summed E-state index contributed by atoms with van der Waals surface area (Å²) in [6.45, 7) is 5.97. The Labute approximate surface area is 240 Å². The van der Waals surface area contributed by atoms with Crippen molar-refractivity contribution < 1.29 is 28.3 Å². The molecule has 2 bridgehead atoms. The zero-order chi connectivity index (χ0) is 29.8. The molecule has 13 heteroatoms. The second-order valence-corrected chi connectivity index (χ2v) is 9.97. The van der Waals surface area contributed by atoms with Gasteiger partial charge in [0.05, 0.1) is 25.5 Å². The minimum Gasteiger partial charge on any atom is -0.494 e. The smallest absolute Gasteiger partial charge is 0.365 e. The number of piperazine rings is 1. The van der Waals surface area contributed by atoms with Crippen LogP contribution >= 0.6 is 0 Å². The molecule has 0 atom stereocenters. The van der Waals surface area contributed by atoms with E-state index in [-0.39, 0.29) is 17.1 Å². The van der Waals surface area contributed by atoms with E-state index in [0.717, 1.165) is 84.6 Å². The number of carbonyl (C=O) groups excluding carboxylic acids is 2. The summed E-state index contributed by atoms with van der Waals surface area (Å²) < 4.78 is 25.4. The zero-order valence-corrected chi connectivity index (χ0v) is 23.2.